The van der Waals surface area contributed by atoms with Gasteiger partial charge in [-0.2, -0.15) is 0 Å². The van der Waals surface area contributed by atoms with Crippen LogP contribution in [-0.2, 0) is 22.4 Å². The Balaban J connectivity index is 0.000000227. The number of aromatic nitrogens is 1. The van der Waals surface area contributed by atoms with Crippen LogP contribution in [0.1, 0.15) is 112 Å². The monoisotopic (exact) mass is 809 g/mol. The van der Waals surface area contributed by atoms with Gasteiger partial charge in [0.15, 0.2) is 0 Å². The van der Waals surface area contributed by atoms with Gasteiger partial charge in [0.2, 0.25) is 11.4 Å². The van der Waals surface area contributed by atoms with Crippen molar-refractivity contribution in [1.29, 1.82) is 0 Å². The first-order valence-corrected chi connectivity index (χ1v) is 16.1. The predicted octanol–water partition coefficient (Wildman–Crippen LogP) is 12.0. The first-order chi connectivity index (χ1) is 25.5. The van der Waals surface area contributed by atoms with Crippen molar-refractivity contribution in [2.45, 2.75) is 79.1 Å². The van der Waals surface area contributed by atoms with Crippen LogP contribution in [0.25, 0.3) is 21.8 Å². The Labute approximate surface area is 307 Å². The zero-order valence-electron chi connectivity index (χ0n) is 36.2. The third-order valence-electron chi connectivity index (χ3n) is 8.50. The number of hydrogen-bond acceptors (Lipinski definition) is 0. The van der Waals surface area contributed by atoms with E-state index in [2.05, 4.69) is 136 Å². The van der Waals surface area contributed by atoms with Crippen molar-refractivity contribution in [1.82, 2.24) is 14.1 Å². The summed E-state index contributed by atoms with van der Waals surface area (Å²) in [5.74, 6) is 1.71. The molecule has 5 aromatic carbocycles. The van der Waals surface area contributed by atoms with Crippen molar-refractivity contribution < 1.29 is 33.3 Å². The standard InChI is InChI=1S/C31H38N2.C12H8N.Au/c1-20(2)24-13-11-14-25(21(3)4)30(24)32-19-33(29-18-10-9-17-28(29)32)31-26(22(5)6)15-12-16-27(31)23(7)8;1-3-7-11-9(5-1)10-6-2-4-8-12(10)13-11;/h9-18,20-23H,1-8H3;1-8H;/q+2;-1;+1/i;1D,2D,3D,4D,5D,6D,7D,8D;. The summed E-state index contributed by atoms with van der Waals surface area (Å²) >= 11 is 0. The second kappa shape index (κ2) is 14.4. The van der Waals surface area contributed by atoms with E-state index in [-0.39, 0.29) is 68.4 Å². The Morgan fingerprint density at radius 1 is 0.511 bits per heavy atom. The van der Waals surface area contributed by atoms with Gasteiger partial charge in [-0.25, -0.2) is 0 Å². The maximum absolute atomic E-state index is 7.93. The minimum atomic E-state index is -0.450. The molecule has 7 rings (SSSR count). The predicted molar refractivity (Wildman–Crippen MR) is 198 cm³/mol. The molecule has 242 valence electrons. The number of fused-ring (bicyclic) bond motifs is 4. The summed E-state index contributed by atoms with van der Waals surface area (Å²) in [5.41, 5.74) is 10.3. The van der Waals surface area contributed by atoms with E-state index in [4.69, 9.17) is 11.0 Å². The third-order valence-corrected chi connectivity index (χ3v) is 8.50. The molecule has 0 spiro atoms. The maximum Gasteiger partial charge on any atom is 1.00 e. The summed E-state index contributed by atoms with van der Waals surface area (Å²) in [5, 5.41) is 0.0611. The van der Waals surface area contributed by atoms with Crippen molar-refractivity contribution in [3.8, 4) is 0 Å². The van der Waals surface area contributed by atoms with Crippen molar-refractivity contribution in [3.05, 3.63) is 131 Å². The minimum absolute atomic E-state index is 0. The molecule has 4 heteroatoms. The van der Waals surface area contributed by atoms with Gasteiger partial charge in [0.25, 0.3) is 11.4 Å². The number of benzene rings is 5. The van der Waals surface area contributed by atoms with Crippen molar-refractivity contribution >= 4 is 50.6 Å². The fourth-order valence-corrected chi connectivity index (χ4v) is 6.18. The fraction of sp³-hybridized carbons (Fsp3) is 0.279. The largest absolute Gasteiger partial charge is 1.00 e. The zero-order chi connectivity index (χ0) is 39.5. The SMILES string of the molecule is CC(C)c1cccc(C(C)C)c1[N+]1=C=[N+](c2c(C(C)C)cccc2C(C)C)c2ccccc21.[2H]c1c([2H])c([2H])c2c([n-]c3c([2H])c([2H])c([2H])c([2H])c32)c1[2H].[Au+]. The molecule has 6 aromatic rings. The van der Waals surface area contributed by atoms with Crippen molar-refractivity contribution in [2.75, 3.05) is 0 Å². The van der Waals surface area contributed by atoms with E-state index in [0.717, 1.165) is 0 Å². The average molecular weight is 810 g/mol. The molecule has 0 unspecified atom stereocenters. The van der Waals surface area contributed by atoms with Crippen LogP contribution in [0.5, 0.6) is 0 Å². The smallest absolute Gasteiger partial charge is 0.657 e. The number of para-hydroxylation sites is 6. The average Bonchev–Trinajstić information content (AvgIpc) is 3.74. The summed E-state index contributed by atoms with van der Waals surface area (Å²) in [6.45, 7) is 18.3. The molecule has 0 atom stereocenters. The minimum Gasteiger partial charge on any atom is -0.657 e. The molecule has 1 aliphatic rings. The molecular formula is C43H46AuN3+2. The molecule has 0 saturated carbocycles. The van der Waals surface area contributed by atoms with E-state index in [1.807, 2.05) is 0 Å². The van der Waals surface area contributed by atoms with E-state index < -0.39 is 24.2 Å². The molecule has 0 aliphatic carbocycles. The Morgan fingerprint density at radius 2 is 0.851 bits per heavy atom. The van der Waals surface area contributed by atoms with Crippen LogP contribution >= 0.6 is 0 Å². The molecule has 1 aromatic heterocycles. The van der Waals surface area contributed by atoms with Gasteiger partial charge in [0, 0.05) is 34.4 Å². The van der Waals surface area contributed by atoms with E-state index >= 15 is 0 Å². The molecule has 0 N–H and O–H groups in total. The Kier molecular flexibility index (Phi) is 7.70. The molecule has 0 fully saturated rings. The molecule has 0 radical (unpaired) electrons. The quantitative estimate of drug-likeness (QED) is 0.121. The molecule has 0 bridgehead atoms. The second-order valence-corrected chi connectivity index (χ2v) is 13.0. The normalized spacial score (nSPS) is 14.7. The van der Waals surface area contributed by atoms with Gasteiger partial charge in [0.05, 0.1) is 11.0 Å². The van der Waals surface area contributed by atoms with Gasteiger partial charge in [0.1, 0.15) is 0 Å². The van der Waals surface area contributed by atoms with E-state index in [9.17, 15) is 0 Å². The van der Waals surface area contributed by atoms with E-state index in [1.165, 1.54) is 45.0 Å². The van der Waals surface area contributed by atoms with Gasteiger partial charge < -0.3 is 4.98 Å². The molecule has 2 heterocycles. The molecule has 0 saturated heterocycles. The second-order valence-electron chi connectivity index (χ2n) is 13.0. The number of nitrogens with zero attached hydrogens (tertiary/aromatic N) is 3. The summed E-state index contributed by atoms with van der Waals surface area (Å²) in [6, 6.07) is 22.9. The van der Waals surface area contributed by atoms with Gasteiger partial charge in [-0.05, 0) is 43.6 Å². The molecule has 1 aliphatic heterocycles. The van der Waals surface area contributed by atoms with Crippen LogP contribution in [0.2, 0.25) is 0 Å². The van der Waals surface area contributed by atoms with Gasteiger partial charge in [-0.15, -0.1) is 11.0 Å². The van der Waals surface area contributed by atoms with Crippen LogP contribution in [0.15, 0.2) is 109 Å². The van der Waals surface area contributed by atoms with E-state index in [1.54, 1.807) is 0 Å². The van der Waals surface area contributed by atoms with Crippen LogP contribution in [0.3, 0.4) is 0 Å². The van der Waals surface area contributed by atoms with Crippen LogP contribution in [0.4, 0.5) is 22.7 Å². The Bertz CT molecular complexity index is 2330. The number of hydrogen-bond donors (Lipinski definition) is 0. The summed E-state index contributed by atoms with van der Waals surface area (Å²) in [7, 11) is 0. The summed E-state index contributed by atoms with van der Waals surface area (Å²) < 4.78 is 66.8. The zero-order valence-corrected chi connectivity index (χ0v) is 30.4. The van der Waals surface area contributed by atoms with E-state index in [0.29, 0.717) is 23.7 Å². The molecule has 47 heavy (non-hydrogen) atoms. The topological polar surface area (TPSA) is 20.1 Å². The number of rotatable bonds is 6. The van der Waals surface area contributed by atoms with Gasteiger partial charge in [-0.1, -0.05) is 152 Å². The van der Waals surface area contributed by atoms with Gasteiger partial charge in [-0.3, -0.25) is 0 Å². The first kappa shape index (κ1) is 25.1. The van der Waals surface area contributed by atoms with Crippen LogP contribution in [-0.4, -0.2) is 6.01 Å². The summed E-state index contributed by atoms with van der Waals surface area (Å²) in [6.07, 6.45) is 0. The Morgan fingerprint density at radius 3 is 1.19 bits per heavy atom. The first-order valence-electron chi connectivity index (χ1n) is 20.1. The van der Waals surface area contributed by atoms with Crippen molar-refractivity contribution in [3.63, 3.8) is 0 Å². The summed E-state index contributed by atoms with van der Waals surface area (Å²) in [4.78, 5) is 4.02. The molecule has 3 nitrogen and oxygen atoms in total. The van der Waals surface area contributed by atoms with Gasteiger partial charge >= 0.3 is 28.4 Å². The Hall–Kier alpha value is -3.98. The molecule has 0 amide bonds. The molecular weight excluding hydrogens is 755 g/mol. The van der Waals surface area contributed by atoms with Crippen LogP contribution in [0, 0.1) is 0 Å². The maximum atomic E-state index is 7.93. The third kappa shape index (κ3) is 6.59. The fourth-order valence-electron chi connectivity index (χ4n) is 6.18. The van der Waals surface area contributed by atoms with Crippen molar-refractivity contribution in [2.24, 2.45) is 0 Å². The van der Waals surface area contributed by atoms with Crippen LogP contribution < -0.4 is 14.1 Å².